The molecule has 1 aromatic heterocycles. The number of benzene rings is 1. The monoisotopic (exact) mass is 365 g/mol. The minimum Gasteiger partial charge on any atom is -0.497 e. The molecule has 0 atom stereocenters. The van der Waals surface area contributed by atoms with Crippen molar-refractivity contribution in [2.24, 2.45) is 0 Å². The maximum absolute atomic E-state index is 12.4. The molecule has 7 heteroatoms. The van der Waals surface area contributed by atoms with Gasteiger partial charge in [-0.15, -0.1) is 11.3 Å². The molecule has 0 radical (unpaired) electrons. The van der Waals surface area contributed by atoms with Gasteiger partial charge >= 0.3 is 12.1 Å². The van der Waals surface area contributed by atoms with Crippen LogP contribution < -0.4 is 10.1 Å². The van der Waals surface area contributed by atoms with Crippen molar-refractivity contribution >= 4 is 33.5 Å². The van der Waals surface area contributed by atoms with E-state index in [2.05, 4.69) is 5.32 Å². The lowest BCUT2D eigenvalue weighted by molar-refractivity contribution is 0.0505. The molecule has 1 N–H and O–H groups in total. The number of esters is 1. The molecule has 1 amide bonds. The first kappa shape index (κ1) is 19.1. The van der Waals surface area contributed by atoms with Crippen LogP contribution in [-0.4, -0.2) is 31.4 Å². The molecular formula is C18H23NO5S. The van der Waals surface area contributed by atoms with Gasteiger partial charge in [-0.3, -0.25) is 0 Å². The topological polar surface area (TPSA) is 73.9 Å². The number of carbonyl (C=O) groups is 2. The highest BCUT2D eigenvalue weighted by Crippen LogP contribution is 2.34. The molecule has 2 aromatic rings. The smallest absolute Gasteiger partial charge is 0.407 e. The third kappa shape index (κ3) is 4.85. The number of ether oxygens (including phenoxy) is 3. The molecule has 0 saturated carbocycles. The Labute approximate surface area is 151 Å². The lowest BCUT2D eigenvalue weighted by Gasteiger charge is -2.19. The van der Waals surface area contributed by atoms with Crippen LogP contribution in [0.2, 0.25) is 0 Å². The molecule has 0 aliphatic heterocycles. The van der Waals surface area contributed by atoms with Gasteiger partial charge in [0.1, 0.15) is 11.4 Å². The van der Waals surface area contributed by atoms with Gasteiger partial charge in [0.25, 0.3) is 0 Å². The number of alkyl carbamates (subject to hydrolysis) is 1. The largest absolute Gasteiger partial charge is 0.497 e. The van der Waals surface area contributed by atoms with E-state index < -0.39 is 17.7 Å². The molecule has 0 spiro atoms. The molecule has 1 aromatic carbocycles. The fourth-order valence-electron chi connectivity index (χ4n) is 2.27. The number of carbonyl (C=O) groups excluding carboxylic acids is 2. The van der Waals surface area contributed by atoms with Crippen LogP contribution in [0, 0.1) is 0 Å². The van der Waals surface area contributed by atoms with Crippen LogP contribution >= 0.6 is 11.3 Å². The Hall–Kier alpha value is -2.28. The first-order valence-electron chi connectivity index (χ1n) is 7.98. The predicted molar refractivity (Wildman–Crippen MR) is 97.4 cm³/mol. The van der Waals surface area contributed by atoms with Gasteiger partial charge in [0.05, 0.1) is 25.8 Å². The molecular weight excluding hydrogens is 342 g/mol. The van der Waals surface area contributed by atoms with Crippen LogP contribution in [0.5, 0.6) is 5.75 Å². The summed E-state index contributed by atoms with van der Waals surface area (Å²) in [5.74, 6) is 0.241. The van der Waals surface area contributed by atoms with Crippen LogP contribution in [0.15, 0.2) is 18.2 Å². The third-order valence-corrected chi connectivity index (χ3v) is 4.41. The van der Waals surface area contributed by atoms with Gasteiger partial charge in [0.2, 0.25) is 0 Å². The molecule has 0 saturated heterocycles. The van der Waals surface area contributed by atoms with Gasteiger partial charge in [-0.2, -0.15) is 0 Å². The van der Waals surface area contributed by atoms with Gasteiger partial charge in [0.15, 0.2) is 0 Å². The van der Waals surface area contributed by atoms with E-state index >= 15 is 0 Å². The molecule has 0 aliphatic carbocycles. The summed E-state index contributed by atoms with van der Waals surface area (Å²) >= 11 is 1.43. The summed E-state index contributed by atoms with van der Waals surface area (Å²) in [4.78, 5) is 25.0. The Balaban J connectivity index is 2.33. The van der Waals surface area contributed by atoms with Crippen molar-refractivity contribution in [1.29, 1.82) is 0 Å². The van der Waals surface area contributed by atoms with Crippen LogP contribution in [-0.2, 0) is 16.0 Å². The maximum Gasteiger partial charge on any atom is 0.407 e. The van der Waals surface area contributed by atoms with Crippen molar-refractivity contribution in [3.8, 4) is 5.75 Å². The van der Waals surface area contributed by atoms with Crippen molar-refractivity contribution in [2.75, 3.05) is 13.7 Å². The number of nitrogens with one attached hydrogen (secondary N) is 1. The number of methoxy groups -OCH3 is 1. The number of thiophene rings is 1. The van der Waals surface area contributed by atoms with Crippen molar-refractivity contribution < 1.29 is 23.8 Å². The highest BCUT2D eigenvalue weighted by Gasteiger charge is 2.22. The zero-order chi connectivity index (χ0) is 18.6. The first-order chi connectivity index (χ1) is 11.7. The lowest BCUT2D eigenvalue weighted by atomic mass is 10.1. The fraction of sp³-hybridized carbons (Fsp3) is 0.444. The minimum atomic E-state index is -0.582. The molecule has 0 bridgehead atoms. The Morgan fingerprint density at radius 2 is 1.96 bits per heavy atom. The van der Waals surface area contributed by atoms with E-state index in [1.807, 2.05) is 12.1 Å². The summed E-state index contributed by atoms with van der Waals surface area (Å²) in [6, 6.07) is 5.52. The predicted octanol–water partition coefficient (Wildman–Crippen LogP) is 4.11. The molecule has 0 fully saturated rings. The number of amides is 1. The van der Waals surface area contributed by atoms with Gasteiger partial charge in [-0.25, -0.2) is 9.59 Å². The molecule has 1 heterocycles. The molecule has 136 valence electrons. The zero-order valence-electron chi connectivity index (χ0n) is 15.1. The Morgan fingerprint density at radius 1 is 1.24 bits per heavy atom. The van der Waals surface area contributed by atoms with Gasteiger partial charge < -0.3 is 19.5 Å². The van der Waals surface area contributed by atoms with Gasteiger partial charge in [-0.05, 0) is 45.9 Å². The van der Waals surface area contributed by atoms with Crippen LogP contribution in [0.1, 0.15) is 42.9 Å². The quantitative estimate of drug-likeness (QED) is 0.807. The van der Waals surface area contributed by atoms with E-state index in [-0.39, 0.29) is 13.2 Å². The molecule has 0 aliphatic rings. The number of hydrogen-bond acceptors (Lipinski definition) is 6. The Bertz CT molecular complexity index is 776. The minimum absolute atomic E-state index is 0.185. The maximum atomic E-state index is 12.4. The molecule has 0 unspecified atom stereocenters. The summed E-state index contributed by atoms with van der Waals surface area (Å²) in [5, 5.41) is 3.45. The molecule has 2 rings (SSSR count). The second-order valence-electron chi connectivity index (χ2n) is 6.34. The van der Waals surface area contributed by atoms with E-state index in [4.69, 9.17) is 14.2 Å². The van der Waals surface area contributed by atoms with E-state index in [1.54, 1.807) is 40.9 Å². The highest BCUT2D eigenvalue weighted by molar-refractivity contribution is 7.19. The fourth-order valence-corrected chi connectivity index (χ4v) is 3.38. The van der Waals surface area contributed by atoms with E-state index in [0.717, 1.165) is 10.1 Å². The van der Waals surface area contributed by atoms with Gasteiger partial charge in [0, 0.05) is 15.0 Å². The Morgan fingerprint density at radius 3 is 2.56 bits per heavy atom. The standard InChI is InChI=1S/C18H23NO5S/c1-6-23-16(20)15-12-9-11(22-5)7-8-13(12)25-14(15)10-19-17(21)24-18(2,3)4/h7-9H,6,10H2,1-5H3,(H,19,21). The van der Waals surface area contributed by atoms with Crippen LogP contribution in [0.3, 0.4) is 0 Å². The summed E-state index contributed by atoms with van der Waals surface area (Å²) in [6.45, 7) is 7.60. The number of hydrogen-bond donors (Lipinski definition) is 1. The number of rotatable bonds is 5. The molecule has 6 nitrogen and oxygen atoms in total. The summed E-state index contributed by atoms with van der Waals surface area (Å²) in [7, 11) is 1.57. The van der Waals surface area contributed by atoms with Crippen molar-refractivity contribution in [2.45, 2.75) is 39.8 Å². The molecule has 25 heavy (non-hydrogen) atoms. The van der Waals surface area contributed by atoms with Crippen molar-refractivity contribution in [3.05, 3.63) is 28.6 Å². The van der Waals surface area contributed by atoms with Crippen molar-refractivity contribution in [3.63, 3.8) is 0 Å². The lowest BCUT2D eigenvalue weighted by Crippen LogP contribution is -2.32. The summed E-state index contributed by atoms with van der Waals surface area (Å²) in [6.07, 6.45) is -0.530. The summed E-state index contributed by atoms with van der Waals surface area (Å²) < 4.78 is 16.6. The highest BCUT2D eigenvalue weighted by atomic mass is 32.1. The third-order valence-electron chi connectivity index (χ3n) is 3.24. The second kappa shape index (κ2) is 7.74. The normalized spacial score (nSPS) is 11.2. The van der Waals surface area contributed by atoms with Gasteiger partial charge in [-0.1, -0.05) is 0 Å². The zero-order valence-corrected chi connectivity index (χ0v) is 15.9. The summed E-state index contributed by atoms with van der Waals surface area (Å²) in [5.41, 5.74) is -0.126. The van der Waals surface area contributed by atoms with E-state index in [9.17, 15) is 9.59 Å². The first-order valence-corrected chi connectivity index (χ1v) is 8.80. The van der Waals surface area contributed by atoms with Crippen LogP contribution in [0.4, 0.5) is 4.79 Å². The van der Waals surface area contributed by atoms with Crippen LogP contribution in [0.25, 0.3) is 10.1 Å². The second-order valence-corrected chi connectivity index (χ2v) is 7.47. The van der Waals surface area contributed by atoms with E-state index in [1.165, 1.54) is 11.3 Å². The Kier molecular flexibility index (Phi) is 5.89. The number of fused-ring (bicyclic) bond motifs is 1. The average Bonchev–Trinajstić information content (AvgIpc) is 2.88. The average molecular weight is 365 g/mol. The van der Waals surface area contributed by atoms with E-state index in [0.29, 0.717) is 16.2 Å². The van der Waals surface area contributed by atoms with Crippen molar-refractivity contribution in [1.82, 2.24) is 5.32 Å². The SMILES string of the molecule is CCOC(=O)c1c(CNC(=O)OC(C)(C)C)sc2ccc(OC)cc12.